The van der Waals surface area contributed by atoms with Gasteiger partial charge in [0.15, 0.2) is 6.61 Å². The fraction of sp³-hybridized carbons (Fsp3) is 0.545. The highest BCUT2D eigenvalue weighted by molar-refractivity contribution is 6.08. The molecule has 1 saturated heterocycles. The molecule has 10 heteroatoms. The Kier molecular flexibility index (Phi) is 7.22. The predicted molar refractivity (Wildman–Crippen MR) is 114 cm³/mol. The van der Waals surface area contributed by atoms with Gasteiger partial charge in [0.1, 0.15) is 23.6 Å². The standard InChI is InChI=1S/C22H29N3O7/c1-4-14-7-9-22(10-8-14)20(28)25(21(29)24-22)12-19(27)32-13-18(26)23-16-6-5-15(30-2)11-17(16)31-3/h5-6,11,14H,4,7-10,12-13H2,1-3H3,(H,23,26)(H,24,29). The maximum atomic E-state index is 12.9. The minimum absolute atomic E-state index is 0.381. The van der Waals surface area contributed by atoms with E-state index in [0.29, 0.717) is 35.9 Å². The first-order valence-electron chi connectivity index (χ1n) is 10.6. The van der Waals surface area contributed by atoms with Gasteiger partial charge in [0, 0.05) is 6.07 Å². The molecule has 0 bridgehead atoms. The molecule has 3 rings (SSSR count). The summed E-state index contributed by atoms with van der Waals surface area (Å²) in [7, 11) is 2.96. The summed E-state index contributed by atoms with van der Waals surface area (Å²) in [6.07, 6.45) is 3.88. The molecule has 2 aliphatic rings. The van der Waals surface area contributed by atoms with Crippen LogP contribution in [0.25, 0.3) is 0 Å². The molecular formula is C22H29N3O7. The van der Waals surface area contributed by atoms with Crippen molar-refractivity contribution in [1.82, 2.24) is 10.2 Å². The summed E-state index contributed by atoms with van der Waals surface area (Å²) in [5.74, 6) is -0.348. The lowest BCUT2D eigenvalue weighted by Crippen LogP contribution is -2.49. The van der Waals surface area contributed by atoms with E-state index in [1.54, 1.807) is 18.2 Å². The lowest BCUT2D eigenvalue weighted by atomic mass is 9.75. The van der Waals surface area contributed by atoms with Crippen molar-refractivity contribution in [2.24, 2.45) is 5.92 Å². The number of hydrogen-bond acceptors (Lipinski definition) is 7. The molecule has 0 aromatic heterocycles. The average Bonchev–Trinajstić information content (AvgIpc) is 3.02. The number of ether oxygens (including phenoxy) is 3. The predicted octanol–water partition coefficient (Wildman–Crippen LogP) is 2.08. The molecule has 0 unspecified atom stereocenters. The van der Waals surface area contributed by atoms with E-state index in [-0.39, 0.29) is 0 Å². The summed E-state index contributed by atoms with van der Waals surface area (Å²) in [5, 5.41) is 5.34. The molecule has 1 aromatic carbocycles. The Bertz CT molecular complexity index is 894. The number of imide groups is 1. The first kappa shape index (κ1) is 23.4. The van der Waals surface area contributed by atoms with Crippen LogP contribution in [-0.4, -0.2) is 61.6 Å². The van der Waals surface area contributed by atoms with Crippen molar-refractivity contribution >= 4 is 29.5 Å². The summed E-state index contributed by atoms with van der Waals surface area (Å²) >= 11 is 0. The van der Waals surface area contributed by atoms with Gasteiger partial charge in [-0.2, -0.15) is 0 Å². The van der Waals surface area contributed by atoms with E-state index in [1.165, 1.54) is 14.2 Å². The molecule has 4 amide bonds. The molecule has 1 aromatic rings. The van der Waals surface area contributed by atoms with E-state index in [0.717, 1.165) is 24.2 Å². The summed E-state index contributed by atoms with van der Waals surface area (Å²) in [5.41, 5.74) is -0.543. The Labute approximate surface area is 186 Å². The Morgan fingerprint density at radius 1 is 1.19 bits per heavy atom. The number of carbonyl (C=O) groups is 4. The number of esters is 1. The van der Waals surface area contributed by atoms with Gasteiger partial charge in [-0.1, -0.05) is 13.3 Å². The summed E-state index contributed by atoms with van der Waals surface area (Å²) < 4.78 is 15.3. The molecule has 1 heterocycles. The molecule has 10 nitrogen and oxygen atoms in total. The van der Waals surface area contributed by atoms with Gasteiger partial charge in [0.2, 0.25) is 0 Å². The third-order valence-corrected chi connectivity index (χ3v) is 6.12. The number of benzene rings is 1. The van der Waals surface area contributed by atoms with Crippen LogP contribution in [0.4, 0.5) is 10.5 Å². The third-order valence-electron chi connectivity index (χ3n) is 6.12. The SMILES string of the molecule is CCC1CCC2(CC1)NC(=O)N(CC(=O)OCC(=O)Nc1ccc(OC)cc1OC)C2=O. The van der Waals surface area contributed by atoms with E-state index >= 15 is 0 Å². The first-order valence-corrected chi connectivity index (χ1v) is 10.6. The van der Waals surface area contributed by atoms with Gasteiger partial charge in [-0.3, -0.25) is 19.3 Å². The highest BCUT2D eigenvalue weighted by atomic mass is 16.5. The van der Waals surface area contributed by atoms with Crippen LogP contribution in [-0.2, 0) is 19.1 Å². The maximum absolute atomic E-state index is 12.9. The van der Waals surface area contributed by atoms with Crippen molar-refractivity contribution in [3.05, 3.63) is 18.2 Å². The molecule has 2 N–H and O–H groups in total. The number of rotatable bonds is 8. The van der Waals surface area contributed by atoms with Crippen LogP contribution in [0, 0.1) is 5.92 Å². The van der Waals surface area contributed by atoms with E-state index in [1.807, 2.05) is 0 Å². The molecule has 0 radical (unpaired) electrons. The second-order valence-electron chi connectivity index (χ2n) is 8.03. The molecule has 1 aliphatic heterocycles. The van der Waals surface area contributed by atoms with E-state index in [2.05, 4.69) is 17.6 Å². The molecule has 174 valence electrons. The number of urea groups is 1. The number of carbonyl (C=O) groups excluding carboxylic acids is 4. The molecule has 1 aliphatic carbocycles. The number of nitrogens with one attached hydrogen (secondary N) is 2. The zero-order valence-corrected chi connectivity index (χ0v) is 18.6. The van der Waals surface area contributed by atoms with Crippen LogP contribution in [0.1, 0.15) is 39.0 Å². The van der Waals surface area contributed by atoms with Gasteiger partial charge < -0.3 is 24.8 Å². The number of amides is 4. The molecule has 1 spiro atoms. The fourth-order valence-corrected chi connectivity index (χ4v) is 4.15. The Morgan fingerprint density at radius 3 is 2.53 bits per heavy atom. The van der Waals surface area contributed by atoms with Crippen LogP contribution in [0.5, 0.6) is 11.5 Å². The lowest BCUT2D eigenvalue weighted by molar-refractivity contribution is -0.150. The highest BCUT2D eigenvalue weighted by Gasteiger charge is 2.52. The minimum Gasteiger partial charge on any atom is -0.497 e. The number of methoxy groups -OCH3 is 2. The van der Waals surface area contributed by atoms with Crippen molar-refractivity contribution in [2.45, 2.75) is 44.6 Å². The van der Waals surface area contributed by atoms with Crippen molar-refractivity contribution in [3.8, 4) is 11.5 Å². The molecule has 1 saturated carbocycles. The molecule has 32 heavy (non-hydrogen) atoms. The zero-order chi connectivity index (χ0) is 23.3. The number of nitrogens with zero attached hydrogens (tertiary/aromatic N) is 1. The maximum Gasteiger partial charge on any atom is 0.326 e. The smallest absolute Gasteiger partial charge is 0.326 e. The van der Waals surface area contributed by atoms with Gasteiger partial charge in [-0.15, -0.1) is 0 Å². The van der Waals surface area contributed by atoms with Gasteiger partial charge in [0.25, 0.3) is 11.8 Å². The Hall–Kier alpha value is -3.30. The van der Waals surface area contributed by atoms with Gasteiger partial charge in [-0.25, -0.2) is 4.79 Å². The van der Waals surface area contributed by atoms with Crippen LogP contribution in [0.2, 0.25) is 0 Å². The second kappa shape index (κ2) is 9.88. The van der Waals surface area contributed by atoms with Crippen LogP contribution in [0.3, 0.4) is 0 Å². The minimum atomic E-state index is -0.925. The first-order chi connectivity index (χ1) is 15.3. The lowest BCUT2D eigenvalue weighted by Gasteiger charge is -2.34. The van der Waals surface area contributed by atoms with Crippen molar-refractivity contribution in [1.29, 1.82) is 0 Å². The largest absolute Gasteiger partial charge is 0.497 e. The van der Waals surface area contributed by atoms with Gasteiger partial charge in [-0.05, 0) is 43.7 Å². The second-order valence-corrected chi connectivity index (χ2v) is 8.03. The van der Waals surface area contributed by atoms with E-state index in [4.69, 9.17) is 14.2 Å². The van der Waals surface area contributed by atoms with Gasteiger partial charge >= 0.3 is 12.0 Å². The van der Waals surface area contributed by atoms with Crippen LogP contribution >= 0.6 is 0 Å². The van der Waals surface area contributed by atoms with Crippen molar-refractivity contribution in [2.75, 3.05) is 32.7 Å². The molecular weight excluding hydrogens is 418 g/mol. The molecule has 2 fully saturated rings. The normalized spacial score (nSPS) is 22.5. The topological polar surface area (TPSA) is 123 Å². The van der Waals surface area contributed by atoms with E-state index in [9.17, 15) is 19.2 Å². The summed E-state index contributed by atoms with van der Waals surface area (Å²) in [6, 6.07) is 4.24. The van der Waals surface area contributed by atoms with Crippen molar-refractivity contribution < 1.29 is 33.4 Å². The summed E-state index contributed by atoms with van der Waals surface area (Å²) in [4.78, 5) is 50.4. The quantitative estimate of drug-likeness (QED) is 0.462. The molecule has 0 atom stereocenters. The fourth-order valence-electron chi connectivity index (χ4n) is 4.15. The Morgan fingerprint density at radius 2 is 1.91 bits per heavy atom. The monoisotopic (exact) mass is 447 g/mol. The number of hydrogen-bond donors (Lipinski definition) is 2. The highest BCUT2D eigenvalue weighted by Crippen LogP contribution is 2.37. The van der Waals surface area contributed by atoms with E-state index < -0.39 is 42.5 Å². The summed E-state index contributed by atoms with van der Waals surface area (Å²) in [6.45, 7) is 1.00. The van der Waals surface area contributed by atoms with Crippen molar-refractivity contribution in [3.63, 3.8) is 0 Å². The number of anilines is 1. The average molecular weight is 447 g/mol. The van der Waals surface area contributed by atoms with Crippen LogP contribution in [0.15, 0.2) is 18.2 Å². The third kappa shape index (κ3) is 4.95. The Balaban J connectivity index is 1.51. The zero-order valence-electron chi connectivity index (χ0n) is 18.6. The van der Waals surface area contributed by atoms with Gasteiger partial charge in [0.05, 0.1) is 19.9 Å². The van der Waals surface area contributed by atoms with Crippen LogP contribution < -0.4 is 20.1 Å².